The van der Waals surface area contributed by atoms with Gasteiger partial charge >= 0.3 is 5.97 Å². The minimum Gasteiger partial charge on any atom is -0.480 e. The lowest BCUT2D eigenvalue weighted by atomic mass is 10.1. The van der Waals surface area contributed by atoms with Crippen LogP contribution in [0.2, 0.25) is 0 Å². The topological polar surface area (TPSA) is 121 Å². The molecule has 1 aliphatic rings. The normalized spacial score (nSPS) is 14.3. The third-order valence-electron chi connectivity index (χ3n) is 2.57. The third kappa shape index (κ3) is 2.62. The zero-order valence-electron chi connectivity index (χ0n) is 10.3. The van der Waals surface area contributed by atoms with E-state index in [2.05, 4.69) is 4.72 Å². The summed E-state index contributed by atoms with van der Waals surface area (Å²) in [5.74, 6) is -2.78. The van der Waals surface area contributed by atoms with E-state index in [-0.39, 0.29) is 16.8 Å². The number of amides is 2. The van der Waals surface area contributed by atoms with E-state index >= 15 is 0 Å². The van der Waals surface area contributed by atoms with Gasteiger partial charge < -0.3 is 5.11 Å². The van der Waals surface area contributed by atoms with Gasteiger partial charge in [0.15, 0.2) is 0 Å². The molecule has 1 aromatic carbocycles. The molecule has 1 heterocycles. The summed E-state index contributed by atoms with van der Waals surface area (Å²) >= 11 is 0. The molecular formula is C11H10N2O6S. The summed E-state index contributed by atoms with van der Waals surface area (Å²) in [6.45, 7) is -0.735. The number of sulfonamides is 1. The van der Waals surface area contributed by atoms with E-state index in [9.17, 15) is 22.8 Å². The molecule has 0 radical (unpaired) electrons. The van der Waals surface area contributed by atoms with E-state index < -0.39 is 34.4 Å². The molecule has 0 spiro atoms. The summed E-state index contributed by atoms with van der Waals surface area (Å²) in [6, 6.07) is 3.82. The van der Waals surface area contributed by atoms with Crippen molar-refractivity contribution in [2.24, 2.45) is 0 Å². The quantitative estimate of drug-likeness (QED) is 0.739. The van der Waals surface area contributed by atoms with Gasteiger partial charge in [-0.25, -0.2) is 8.42 Å². The average molecular weight is 298 g/mol. The highest BCUT2D eigenvalue weighted by atomic mass is 32.2. The summed E-state index contributed by atoms with van der Waals surface area (Å²) in [5.41, 5.74) is 0.157. The number of carbonyl (C=O) groups is 3. The molecule has 0 aromatic heterocycles. The first kappa shape index (κ1) is 14.0. The number of rotatable bonds is 4. The molecule has 1 aromatic rings. The van der Waals surface area contributed by atoms with Crippen LogP contribution in [0.25, 0.3) is 0 Å². The Bertz CT molecular complexity index is 724. The van der Waals surface area contributed by atoms with Gasteiger partial charge in [-0.05, 0) is 18.2 Å². The summed E-state index contributed by atoms with van der Waals surface area (Å²) in [6.07, 6.45) is 0.948. The van der Waals surface area contributed by atoms with Crippen LogP contribution in [0.5, 0.6) is 0 Å². The van der Waals surface area contributed by atoms with Crippen LogP contribution in [0.15, 0.2) is 18.2 Å². The lowest BCUT2D eigenvalue weighted by Crippen LogP contribution is -2.34. The highest BCUT2D eigenvalue weighted by Gasteiger charge is 2.36. The van der Waals surface area contributed by atoms with Crippen LogP contribution in [0.1, 0.15) is 20.7 Å². The highest BCUT2D eigenvalue weighted by Crippen LogP contribution is 2.25. The van der Waals surface area contributed by atoms with Crippen LogP contribution in [0, 0.1) is 0 Å². The van der Waals surface area contributed by atoms with Crippen molar-refractivity contribution >= 4 is 33.5 Å². The Morgan fingerprint density at radius 2 is 1.85 bits per heavy atom. The molecule has 0 saturated carbocycles. The molecule has 0 saturated heterocycles. The van der Waals surface area contributed by atoms with Crippen LogP contribution in [-0.4, -0.2) is 49.0 Å². The molecule has 2 amide bonds. The summed E-state index contributed by atoms with van der Waals surface area (Å²) in [5, 5.41) is 8.66. The number of hydrogen-bond donors (Lipinski definition) is 2. The molecule has 0 unspecified atom stereocenters. The van der Waals surface area contributed by atoms with Gasteiger partial charge in [-0.1, -0.05) is 0 Å². The van der Waals surface area contributed by atoms with Gasteiger partial charge in [-0.2, -0.15) is 0 Å². The molecule has 0 fully saturated rings. The van der Waals surface area contributed by atoms with Gasteiger partial charge in [0.05, 0.1) is 17.4 Å². The average Bonchev–Trinajstić information content (AvgIpc) is 2.52. The van der Waals surface area contributed by atoms with Crippen molar-refractivity contribution in [3.8, 4) is 0 Å². The number of carbonyl (C=O) groups excluding carboxylic acids is 2. The number of fused-ring (bicyclic) bond motifs is 1. The van der Waals surface area contributed by atoms with Crippen LogP contribution < -0.4 is 4.72 Å². The smallest absolute Gasteiger partial charge is 0.323 e. The molecule has 9 heteroatoms. The van der Waals surface area contributed by atoms with Gasteiger partial charge in [0.1, 0.15) is 6.54 Å². The number of nitrogens with one attached hydrogen (secondary N) is 1. The fraction of sp³-hybridized carbons (Fsp3) is 0.182. The molecule has 0 atom stereocenters. The Morgan fingerprint density at radius 3 is 2.40 bits per heavy atom. The van der Waals surface area contributed by atoms with Crippen molar-refractivity contribution < 1.29 is 27.9 Å². The largest absolute Gasteiger partial charge is 0.480 e. The second kappa shape index (κ2) is 4.60. The van der Waals surface area contributed by atoms with Gasteiger partial charge in [-0.15, -0.1) is 0 Å². The Hall–Kier alpha value is -2.42. The second-order valence-electron chi connectivity index (χ2n) is 4.22. The van der Waals surface area contributed by atoms with E-state index in [1.165, 1.54) is 18.2 Å². The monoisotopic (exact) mass is 298 g/mol. The van der Waals surface area contributed by atoms with E-state index in [1.807, 2.05) is 0 Å². The lowest BCUT2D eigenvalue weighted by Gasteiger charge is -2.09. The summed E-state index contributed by atoms with van der Waals surface area (Å²) < 4.78 is 24.4. The molecule has 106 valence electrons. The maximum absolute atomic E-state index is 11.9. The van der Waals surface area contributed by atoms with Gasteiger partial charge in [0.2, 0.25) is 10.0 Å². The Kier molecular flexibility index (Phi) is 3.22. The molecule has 2 N–H and O–H groups in total. The predicted octanol–water partition coefficient (Wildman–Crippen LogP) is -0.261. The number of anilines is 1. The number of nitrogens with zero attached hydrogens (tertiary/aromatic N) is 1. The summed E-state index contributed by atoms with van der Waals surface area (Å²) in [7, 11) is -3.51. The molecule has 0 aliphatic carbocycles. The first-order valence-electron chi connectivity index (χ1n) is 5.39. The first-order valence-corrected chi connectivity index (χ1v) is 7.28. The minimum absolute atomic E-state index is 0.0232. The van der Waals surface area contributed by atoms with Crippen molar-refractivity contribution in [3.05, 3.63) is 29.3 Å². The van der Waals surface area contributed by atoms with E-state index in [1.54, 1.807) is 0 Å². The molecule has 8 nitrogen and oxygen atoms in total. The van der Waals surface area contributed by atoms with Crippen molar-refractivity contribution in [2.45, 2.75) is 0 Å². The molecule has 20 heavy (non-hydrogen) atoms. The number of aliphatic carboxylic acids is 1. The lowest BCUT2D eigenvalue weighted by molar-refractivity contribution is -0.137. The van der Waals surface area contributed by atoms with Gasteiger partial charge in [0, 0.05) is 5.69 Å². The van der Waals surface area contributed by atoms with Crippen molar-refractivity contribution in [2.75, 3.05) is 17.5 Å². The molecule has 2 rings (SSSR count). The van der Waals surface area contributed by atoms with Crippen LogP contribution >= 0.6 is 0 Å². The number of carboxylic acid groups (broad SMARTS) is 1. The van der Waals surface area contributed by atoms with Crippen LogP contribution in [-0.2, 0) is 14.8 Å². The SMILES string of the molecule is CS(=O)(=O)Nc1ccc2c(c1)C(=O)N(CC(=O)O)C2=O. The minimum atomic E-state index is -3.51. The fourth-order valence-electron chi connectivity index (χ4n) is 1.85. The molecule has 0 bridgehead atoms. The third-order valence-corrected chi connectivity index (χ3v) is 3.17. The Labute approximate surface area is 114 Å². The van der Waals surface area contributed by atoms with E-state index in [0.717, 1.165) is 6.26 Å². The highest BCUT2D eigenvalue weighted by molar-refractivity contribution is 7.92. The van der Waals surface area contributed by atoms with Crippen molar-refractivity contribution in [3.63, 3.8) is 0 Å². The maximum atomic E-state index is 11.9. The summed E-state index contributed by atoms with van der Waals surface area (Å²) in [4.78, 5) is 35.0. The zero-order valence-corrected chi connectivity index (χ0v) is 11.1. The number of carboxylic acids is 1. The van der Waals surface area contributed by atoms with Crippen LogP contribution in [0.3, 0.4) is 0 Å². The second-order valence-corrected chi connectivity index (χ2v) is 5.97. The van der Waals surface area contributed by atoms with Gasteiger partial charge in [0.25, 0.3) is 11.8 Å². The fourth-order valence-corrected chi connectivity index (χ4v) is 2.40. The molecular weight excluding hydrogens is 288 g/mol. The standard InChI is InChI=1S/C11H10N2O6S/c1-20(18,19)12-6-2-3-7-8(4-6)11(17)13(10(7)16)5-9(14)15/h2-4,12H,5H2,1H3,(H,14,15). The van der Waals surface area contributed by atoms with Crippen LogP contribution in [0.4, 0.5) is 5.69 Å². The number of benzene rings is 1. The van der Waals surface area contributed by atoms with Crippen molar-refractivity contribution in [1.82, 2.24) is 4.90 Å². The molecule has 1 aliphatic heterocycles. The predicted molar refractivity (Wildman–Crippen MR) is 67.9 cm³/mol. The maximum Gasteiger partial charge on any atom is 0.323 e. The van der Waals surface area contributed by atoms with E-state index in [0.29, 0.717) is 4.90 Å². The Balaban J connectivity index is 2.39. The van der Waals surface area contributed by atoms with Gasteiger partial charge in [-0.3, -0.25) is 24.0 Å². The first-order chi connectivity index (χ1) is 9.19. The van der Waals surface area contributed by atoms with E-state index in [4.69, 9.17) is 5.11 Å². The Morgan fingerprint density at radius 1 is 1.25 bits per heavy atom. The van der Waals surface area contributed by atoms with Crippen molar-refractivity contribution in [1.29, 1.82) is 0 Å². The number of hydrogen-bond acceptors (Lipinski definition) is 5. The zero-order chi connectivity index (χ0) is 15.1. The number of imide groups is 1.